The smallest absolute Gasteiger partial charge is 0.162 e. The molecule has 1 saturated heterocycles. The quantitative estimate of drug-likeness (QED) is 0.875. The largest absolute Gasteiger partial charge is 0.493 e. The SMILES string of the molecule is CCCCC1CN(c2ccc(OC)c(OC)c2)CCC1N. The third kappa shape index (κ3) is 3.82. The van der Waals surface area contributed by atoms with E-state index >= 15 is 0 Å². The van der Waals surface area contributed by atoms with E-state index in [1.807, 2.05) is 6.07 Å². The molecular formula is C17H28N2O2. The van der Waals surface area contributed by atoms with Crippen LogP contribution in [0, 0.1) is 5.92 Å². The van der Waals surface area contributed by atoms with E-state index in [4.69, 9.17) is 15.2 Å². The lowest BCUT2D eigenvalue weighted by atomic mass is 9.88. The summed E-state index contributed by atoms with van der Waals surface area (Å²) in [5.74, 6) is 2.15. The molecule has 118 valence electrons. The fraction of sp³-hybridized carbons (Fsp3) is 0.647. The van der Waals surface area contributed by atoms with Gasteiger partial charge in [0, 0.05) is 30.9 Å². The van der Waals surface area contributed by atoms with Gasteiger partial charge in [-0.1, -0.05) is 19.8 Å². The van der Waals surface area contributed by atoms with Gasteiger partial charge in [-0.25, -0.2) is 0 Å². The number of piperidine rings is 1. The molecule has 0 aliphatic carbocycles. The summed E-state index contributed by atoms with van der Waals surface area (Å²) < 4.78 is 10.7. The Hall–Kier alpha value is -1.42. The molecule has 1 aromatic carbocycles. The molecule has 0 saturated carbocycles. The Bertz CT molecular complexity index is 450. The van der Waals surface area contributed by atoms with Gasteiger partial charge in [0.05, 0.1) is 14.2 Å². The molecule has 0 bridgehead atoms. The van der Waals surface area contributed by atoms with Gasteiger partial charge in [-0.2, -0.15) is 0 Å². The first-order valence-corrected chi connectivity index (χ1v) is 7.92. The molecule has 4 heteroatoms. The molecule has 1 aliphatic rings. The number of nitrogens with zero attached hydrogens (tertiary/aromatic N) is 1. The number of ether oxygens (including phenoxy) is 2. The Balaban J connectivity index is 2.10. The molecular weight excluding hydrogens is 264 g/mol. The van der Waals surface area contributed by atoms with E-state index in [2.05, 4.69) is 24.0 Å². The van der Waals surface area contributed by atoms with Crippen molar-refractivity contribution in [3.8, 4) is 11.5 Å². The van der Waals surface area contributed by atoms with Gasteiger partial charge in [0.25, 0.3) is 0 Å². The summed E-state index contributed by atoms with van der Waals surface area (Å²) in [6.45, 7) is 4.29. The zero-order valence-corrected chi connectivity index (χ0v) is 13.5. The van der Waals surface area contributed by atoms with E-state index in [0.717, 1.165) is 31.0 Å². The van der Waals surface area contributed by atoms with Crippen molar-refractivity contribution in [3.05, 3.63) is 18.2 Å². The van der Waals surface area contributed by atoms with Gasteiger partial charge in [0.15, 0.2) is 11.5 Å². The first kappa shape index (κ1) is 16.0. The topological polar surface area (TPSA) is 47.7 Å². The Morgan fingerprint density at radius 2 is 2.00 bits per heavy atom. The molecule has 2 rings (SSSR count). The monoisotopic (exact) mass is 292 g/mol. The van der Waals surface area contributed by atoms with Crippen molar-refractivity contribution < 1.29 is 9.47 Å². The number of hydrogen-bond acceptors (Lipinski definition) is 4. The van der Waals surface area contributed by atoms with Crippen LogP contribution in [0.4, 0.5) is 5.69 Å². The van der Waals surface area contributed by atoms with Crippen molar-refractivity contribution >= 4 is 5.69 Å². The lowest BCUT2D eigenvalue weighted by Crippen LogP contribution is -2.47. The molecule has 0 radical (unpaired) electrons. The van der Waals surface area contributed by atoms with Crippen LogP contribution in [0.15, 0.2) is 18.2 Å². The van der Waals surface area contributed by atoms with Crippen molar-refractivity contribution in [1.29, 1.82) is 0 Å². The maximum absolute atomic E-state index is 6.29. The second kappa shape index (κ2) is 7.55. The molecule has 1 aromatic rings. The maximum Gasteiger partial charge on any atom is 0.162 e. The summed E-state index contributed by atoms with van der Waals surface area (Å²) in [6.07, 6.45) is 4.78. The summed E-state index contributed by atoms with van der Waals surface area (Å²) in [5.41, 5.74) is 7.49. The number of rotatable bonds is 6. The van der Waals surface area contributed by atoms with Gasteiger partial charge in [-0.15, -0.1) is 0 Å². The van der Waals surface area contributed by atoms with E-state index in [1.54, 1.807) is 14.2 Å². The van der Waals surface area contributed by atoms with Crippen molar-refractivity contribution in [2.75, 3.05) is 32.2 Å². The Labute approximate surface area is 128 Å². The second-order valence-electron chi connectivity index (χ2n) is 5.84. The van der Waals surface area contributed by atoms with Crippen molar-refractivity contribution in [3.63, 3.8) is 0 Å². The molecule has 0 aromatic heterocycles. The summed E-state index contributed by atoms with van der Waals surface area (Å²) in [6, 6.07) is 6.48. The Morgan fingerprint density at radius 3 is 2.67 bits per heavy atom. The van der Waals surface area contributed by atoms with Crippen LogP contribution in [0.2, 0.25) is 0 Å². The standard InChI is InChI=1S/C17H28N2O2/c1-4-5-6-13-12-19(10-9-15(13)18)14-7-8-16(20-2)17(11-14)21-3/h7-8,11,13,15H,4-6,9-10,12,18H2,1-3H3. The predicted molar refractivity (Wildman–Crippen MR) is 87.4 cm³/mol. The number of methoxy groups -OCH3 is 2. The maximum atomic E-state index is 6.29. The average molecular weight is 292 g/mol. The van der Waals surface area contributed by atoms with E-state index < -0.39 is 0 Å². The minimum absolute atomic E-state index is 0.341. The minimum atomic E-state index is 0.341. The summed E-state index contributed by atoms with van der Waals surface area (Å²) in [5, 5.41) is 0. The molecule has 1 heterocycles. The highest BCUT2D eigenvalue weighted by molar-refractivity contribution is 5.56. The highest BCUT2D eigenvalue weighted by Gasteiger charge is 2.26. The third-order valence-electron chi connectivity index (χ3n) is 4.45. The van der Waals surface area contributed by atoms with Gasteiger partial charge >= 0.3 is 0 Å². The van der Waals surface area contributed by atoms with Crippen LogP contribution in [0.25, 0.3) is 0 Å². The first-order valence-electron chi connectivity index (χ1n) is 7.92. The highest BCUT2D eigenvalue weighted by Crippen LogP contribution is 2.33. The molecule has 0 spiro atoms. The minimum Gasteiger partial charge on any atom is -0.493 e. The van der Waals surface area contributed by atoms with Crippen LogP contribution in [0.3, 0.4) is 0 Å². The summed E-state index contributed by atoms with van der Waals surface area (Å²) >= 11 is 0. The Kier molecular flexibility index (Phi) is 5.74. The highest BCUT2D eigenvalue weighted by atomic mass is 16.5. The average Bonchev–Trinajstić information content (AvgIpc) is 2.53. The number of benzene rings is 1. The zero-order valence-electron chi connectivity index (χ0n) is 13.5. The lowest BCUT2D eigenvalue weighted by Gasteiger charge is -2.38. The number of nitrogens with two attached hydrogens (primary N) is 1. The molecule has 4 nitrogen and oxygen atoms in total. The van der Waals surface area contributed by atoms with E-state index in [1.165, 1.54) is 24.9 Å². The van der Waals surface area contributed by atoms with Crippen molar-refractivity contribution in [1.82, 2.24) is 0 Å². The molecule has 21 heavy (non-hydrogen) atoms. The van der Waals surface area contributed by atoms with Crippen molar-refractivity contribution in [2.24, 2.45) is 11.7 Å². The van der Waals surface area contributed by atoms with E-state index in [0.29, 0.717) is 12.0 Å². The second-order valence-corrected chi connectivity index (χ2v) is 5.84. The van der Waals surface area contributed by atoms with Crippen LogP contribution < -0.4 is 20.1 Å². The molecule has 1 fully saturated rings. The van der Waals surface area contributed by atoms with Gasteiger partial charge in [0.2, 0.25) is 0 Å². The third-order valence-corrected chi connectivity index (χ3v) is 4.45. The Morgan fingerprint density at radius 1 is 1.24 bits per heavy atom. The van der Waals surface area contributed by atoms with Gasteiger partial charge in [-0.3, -0.25) is 0 Å². The fourth-order valence-corrected chi connectivity index (χ4v) is 3.08. The van der Waals surface area contributed by atoms with Gasteiger partial charge in [0.1, 0.15) is 0 Å². The first-order chi connectivity index (χ1) is 10.2. The van der Waals surface area contributed by atoms with Crippen molar-refractivity contribution in [2.45, 2.75) is 38.6 Å². The van der Waals surface area contributed by atoms with Gasteiger partial charge in [-0.05, 0) is 30.9 Å². The summed E-state index contributed by atoms with van der Waals surface area (Å²) in [7, 11) is 3.34. The van der Waals surface area contributed by atoms with Gasteiger partial charge < -0.3 is 20.1 Å². The fourth-order valence-electron chi connectivity index (χ4n) is 3.08. The van der Waals surface area contributed by atoms with E-state index in [-0.39, 0.29) is 0 Å². The van der Waals surface area contributed by atoms with Crippen LogP contribution in [-0.2, 0) is 0 Å². The number of anilines is 1. The number of unbranched alkanes of at least 4 members (excludes halogenated alkanes) is 1. The van der Waals surface area contributed by atoms with Crippen LogP contribution in [-0.4, -0.2) is 33.4 Å². The predicted octanol–water partition coefficient (Wildman–Crippen LogP) is 3.05. The molecule has 1 aliphatic heterocycles. The summed E-state index contributed by atoms with van der Waals surface area (Å²) in [4.78, 5) is 2.42. The van der Waals surface area contributed by atoms with Crippen LogP contribution in [0.5, 0.6) is 11.5 Å². The zero-order chi connectivity index (χ0) is 15.2. The van der Waals surface area contributed by atoms with Crippen LogP contribution >= 0.6 is 0 Å². The molecule has 0 amide bonds. The normalized spacial score (nSPS) is 22.2. The molecule has 2 atom stereocenters. The molecule has 2 N–H and O–H groups in total. The van der Waals surface area contributed by atoms with Crippen LogP contribution in [0.1, 0.15) is 32.6 Å². The molecule has 2 unspecified atom stereocenters. The van der Waals surface area contributed by atoms with E-state index in [9.17, 15) is 0 Å². The number of hydrogen-bond donors (Lipinski definition) is 1. The lowest BCUT2D eigenvalue weighted by molar-refractivity contribution is 0.329.